The van der Waals surface area contributed by atoms with E-state index in [2.05, 4.69) is 4.72 Å². The number of anilines is 1. The number of nitrogens with one attached hydrogen (secondary N) is 1. The lowest BCUT2D eigenvalue weighted by molar-refractivity contribution is 0.172. The molecule has 8 heteroatoms. The summed E-state index contributed by atoms with van der Waals surface area (Å²) in [5.41, 5.74) is 1.74. The van der Waals surface area contributed by atoms with Gasteiger partial charge in [0.1, 0.15) is 11.3 Å². The van der Waals surface area contributed by atoms with Crippen molar-refractivity contribution in [1.82, 2.24) is 4.90 Å². The monoisotopic (exact) mass is 456 g/mol. The highest BCUT2D eigenvalue weighted by Crippen LogP contribution is 2.33. The van der Waals surface area contributed by atoms with Crippen LogP contribution in [0.4, 0.5) is 14.9 Å². The van der Waals surface area contributed by atoms with Crippen molar-refractivity contribution in [3.63, 3.8) is 0 Å². The summed E-state index contributed by atoms with van der Waals surface area (Å²) in [5, 5.41) is 1.23. The van der Waals surface area contributed by atoms with E-state index in [1.807, 2.05) is 6.92 Å². The first-order valence-electron chi connectivity index (χ1n) is 10.5. The summed E-state index contributed by atoms with van der Waals surface area (Å²) in [4.78, 5) is 25.8. The van der Waals surface area contributed by atoms with Gasteiger partial charge in [0.15, 0.2) is 5.82 Å². The van der Waals surface area contributed by atoms with E-state index in [1.54, 1.807) is 56.4 Å². The number of amides is 1. The summed E-state index contributed by atoms with van der Waals surface area (Å²) in [6.07, 6.45) is 3.10. The Bertz CT molecular complexity index is 1220. The third-order valence-corrected chi connectivity index (χ3v) is 6.81. The molecule has 0 radical (unpaired) electrons. The van der Waals surface area contributed by atoms with Crippen LogP contribution in [-0.4, -0.2) is 30.3 Å². The molecule has 0 bridgehead atoms. The predicted molar refractivity (Wildman–Crippen MR) is 125 cm³/mol. The molecule has 1 aromatic heterocycles. The number of halogens is 1. The van der Waals surface area contributed by atoms with Crippen molar-refractivity contribution >= 4 is 34.7 Å². The number of rotatable bonds is 6. The van der Waals surface area contributed by atoms with Crippen LogP contribution in [0.1, 0.15) is 36.0 Å². The van der Waals surface area contributed by atoms with Crippen molar-refractivity contribution in [3.8, 4) is 5.75 Å². The number of hydrogen-bond donors (Lipinski definition) is 1. The van der Waals surface area contributed by atoms with Gasteiger partial charge in [-0.3, -0.25) is 0 Å². The highest BCUT2D eigenvalue weighted by molar-refractivity contribution is 8.01. The van der Waals surface area contributed by atoms with Crippen LogP contribution in [-0.2, 0) is 6.42 Å². The normalized spacial score (nSPS) is 13.6. The van der Waals surface area contributed by atoms with E-state index in [4.69, 9.17) is 9.15 Å². The zero-order valence-corrected chi connectivity index (χ0v) is 19.1. The Balaban J connectivity index is 1.60. The van der Waals surface area contributed by atoms with E-state index < -0.39 is 11.7 Å². The van der Waals surface area contributed by atoms with Gasteiger partial charge in [-0.1, -0.05) is 18.6 Å². The summed E-state index contributed by atoms with van der Waals surface area (Å²) >= 11 is 1.55. The first kappa shape index (κ1) is 22.2. The summed E-state index contributed by atoms with van der Waals surface area (Å²) < 4.78 is 28.9. The van der Waals surface area contributed by atoms with Crippen LogP contribution < -0.4 is 15.1 Å². The summed E-state index contributed by atoms with van der Waals surface area (Å²) in [5.74, 6) is -0.0792. The molecule has 2 aromatic carbocycles. The third kappa shape index (κ3) is 4.60. The van der Waals surface area contributed by atoms with Crippen LogP contribution in [0, 0.1) is 12.7 Å². The Morgan fingerprint density at radius 3 is 2.75 bits per heavy atom. The molecular weight excluding hydrogens is 431 g/mol. The third-order valence-electron chi connectivity index (χ3n) is 5.66. The molecule has 4 rings (SSSR count). The Kier molecular flexibility index (Phi) is 6.41. The van der Waals surface area contributed by atoms with Gasteiger partial charge in [0.2, 0.25) is 0 Å². The molecule has 1 aliphatic carbocycles. The lowest BCUT2D eigenvalue weighted by Gasteiger charge is -2.24. The number of aryl methyl sites for hydroxylation is 1. The van der Waals surface area contributed by atoms with Gasteiger partial charge in [-0.2, -0.15) is 0 Å². The second kappa shape index (κ2) is 9.24. The average molecular weight is 457 g/mol. The van der Waals surface area contributed by atoms with Crippen molar-refractivity contribution in [1.29, 1.82) is 0 Å². The smallest absolute Gasteiger partial charge is 0.414 e. The number of nitrogens with zero attached hydrogens (tertiary/aromatic N) is 1. The van der Waals surface area contributed by atoms with E-state index in [1.165, 1.54) is 17.4 Å². The molecular formula is C24H25FN2O4S. The minimum absolute atomic E-state index is 0.122. The van der Waals surface area contributed by atoms with E-state index in [0.29, 0.717) is 38.6 Å². The van der Waals surface area contributed by atoms with Crippen LogP contribution in [0.3, 0.4) is 0 Å². The van der Waals surface area contributed by atoms with Gasteiger partial charge in [-0.15, -0.1) is 0 Å². The molecule has 1 N–H and O–H groups in total. The SMILES string of the molecule is Cc1c(Cc2cccc(NSC3CCC3)c2F)c(=O)oc2cc(OC(=O)N(C)C)ccc12. The molecule has 0 atom stereocenters. The predicted octanol–water partition coefficient (Wildman–Crippen LogP) is 5.50. The van der Waals surface area contributed by atoms with Gasteiger partial charge in [0.25, 0.3) is 0 Å². The lowest BCUT2D eigenvalue weighted by Crippen LogP contribution is -2.25. The second-order valence-corrected chi connectivity index (χ2v) is 9.25. The quantitative estimate of drug-likeness (QED) is 0.390. The van der Waals surface area contributed by atoms with Crippen LogP contribution >= 0.6 is 11.9 Å². The highest BCUT2D eigenvalue weighted by atomic mass is 32.2. The zero-order valence-electron chi connectivity index (χ0n) is 18.2. The van der Waals surface area contributed by atoms with Crippen LogP contribution in [0.5, 0.6) is 5.75 Å². The summed E-state index contributed by atoms with van der Waals surface area (Å²) in [6.45, 7) is 1.81. The molecule has 0 aliphatic heterocycles. The molecule has 6 nitrogen and oxygen atoms in total. The maximum Gasteiger partial charge on any atom is 0.414 e. The van der Waals surface area contributed by atoms with Crippen molar-refractivity contribution in [2.24, 2.45) is 0 Å². The molecule has 0 spiro atoms. The van der Waals surface area contributed by atoms with Gasteiger partial charge >= 0.3 is 11.7 Å². The van der Waals surface area contributed by atoms with Gasteiger partial charge in [-0.05, 0) is 61.0 Å². The zero-order chi connectivity index (χ0) is 22.8. The molecule has 1 amide bonds. The van der Waals surface area contributed by atoms with Crippen LogP contribution in [0.2, 0.25) is 0 Å². The van der Waals surface area contributed by atoms with E-state index >= 15 is 4.39 Å². The number of carbonyl (C=O) groups is 1. The molecule has 1 heterocycles. The number of ether oxygens (including phenoxy) is 1. The minimum atomic E-state index is -0.535. The number of benzene rings is 2. The van der Waals surface area contributed by atoms with Crippen LogP contribution in [0.15, 0.2) is 45.6 Å². The lowest BCUT2D eigenvalue weighted by atomic mass is 9.99. The summed E-state index contributed by atoms with van der Waals surface area (Å²) in [7, 11) is 3.16. The molecule has 168 valence electrons. The van der Waals surface area contributed by atoms with Gasteiger partial charge < -0.3 is 18.8 Å². The molecule has 0 unspecified atom stereocenters. The molecule has 0 saturated heterocycles. The van der Waals surface area contributed by atoms with E-state index in [9.17, 15) is 9.59 Å². The second-order valence-electron chi connectivity index (χ2n) is 8.14. The van der Waals surface area contributed by atoms with E-state index in [-0.39, 0.29) is 18.0 Å². The topological polar surface area (TPSA) is 71.8 Å². The fourth-order valence-corrected chi connectivity index (χ4v) is 4.48. The Morgan fingerprint density at radius 2 is 2.06 bits per heavy atom. The average Bonchev–Trinajstić information content (AvgIpc) is 2.71. The van der Waals surface area contributed by atoms with Crippen molar-refractivity contribution in [2.45, 2.75) is 37.9 Å². The maximum absolute atomic E-state index is 15.1. The fourth-order valence-electron chi connectivity index (χ4n) is 3.46. The van der Waals surface area contributed by atoms with Gasteiger partial charge in [0, 0.05) is 42.8 Å². The number of fused-ring (bicyclic) bond motifs is 1. The molecule has 3 aromatic rings. The largest absolute Gasteiger partial charge is 0.422 e. The standard InChI is InChI=1S/C24H25FN2O4S/c1-14-18-11-10-16(30-24(29)27(2)3)13-21(18)31-23(28)19(14)12-15-6-4-9-20(22(15)25)26-32-17-7-5-8-17/h4,6,9-11,13,17,26H,5,7-8,12H2,1-3H3. The van der Waals surface area contributed by atoms with Crippen molar-refractivity contribution < 1.29 is 18.3 Å². The first-order valence-corrected chi connectivity index (χ1v) is 11.4. The van der Waals surface area contributed by atoms with Crippen molar-refractivity contribution in [2.75, 3.05) is 18.8 Å². The Labute approximate surface area is 189 Å². The number of carbonyl (C=O) groups excluding carboxylic acids is 1. The molecule has 1 fully saturated rings. The Morgan fingerprint density at radius 1 is 1.28 bits per heavy atom. The van der Waals surface area contributed by atoms with Gasteiger partial charge in [-0.25, -0.2) is 14.0 Å². The minimum Gasteiger partial charge on any atom is -0.422 e. The molecule has 32 heavy (non-hydrogen) atoms. The molecule has 1 aliphatic rings. The molecule has 1 saturated carbocycles. The van der Waals surface area contributed by atoms with Crippen LogP contribution in [0.25, 0.3) is 11.0 Å². The summed E-state index contributed by atoms with van der Waals surface area (Å²) in [6, 6.07) is 10.1. The maximum atomic E-state index is 15.1. The number of hydrogen-bond acceptors (Lipinski definition) is 6. The highest BCUT2D eigenvalue weighted by Gasteiger charge is 2.20. The fraction of sp³-hybridized carbons (Fsp3) is 0.333. The Hall–Kier alpha value is -3.00. The first-order chi connectivity index (χ1) is 15.3. The van der Waals surface area contributed by atoms with Crippen molar-refractivity contribution in [3.05, 3.63) is 69.3 Å². The van der Waals surface area contributed by atoms with Gasteiger partial charge in [0.05, 0.1) is 5.69 Å². The van der Waals surface area contributed by atoms with E-state index in [0.717, 1.165) is 12.8 Å².